The molecular formula is C13H26N2. The second kappa shape index (κ2) is 4.82. The summed E-state index contributed by atoms with van der Waals surface area (Å²) in [5.41, 5.74) is 2.34. The first-order valence-corrected chi connectivity index (χ1v) is 5.52. The van der Waals surface area contributed by atoms with Gasteiger partial charge in [-0.15, -0.1) is 0 Å². The Morgan fingerprint density at radius 2 is 1.47 bits per heavy atom. The molecule has 2 nitrogen and oxygen atoms in total. The molecule has 0 radical (unpaired) electrons. The van der Waals surface area contributed by atoms with Crippen LogP contribution >= 0.6 is 0 Å². The molecule has 0 unspecified atom stereocenters. The lowest BCUT2D eigenvalue weighted by Crippen LogP contribution is -2.34. The number of hydrogen-bond donors (Lipinski definition) is 1. The molecule has 0 rings (SSSR count). The monoisotopic (exact) mass is 210 g/mol. The van der Waals surface area contributed by atoms with Crippen molar-refractivity contribution >= 4 is 5.71 Å². The molecule has 1 N–H and O–H groups in total. The van der Waals surface area contributed by atoms with Gasteiger partial charge in [-0.25, -0.2) is 0 Å². The maximum atomic E-state index is 4.58. The van der Waals surface area contributed by atoms with Gasteiger partial charge in [-0.1, -0.05) is 0 Å². The first-order valence-electron chi connectivity index (χ1n) is 5.52. The topological polar surface area (TPSA) is 24.4 Å². The largest absolute Gasteiger partial charge is 0.384 e. The van der Waals surface area contributed by atoms with Crippen molar-refractivity contribution in [1.29, 1.82) is 0 Å². The molecule has 0 aliphatic carbocycles. The van der Waals surface area contributed by atoms with E-state index in [-0.39, 0.29) is 11.1 Å². The van der Waals surface area contributed by atoms with E-state index in [2.05, 4.69) is 64.9 Å². The molecule has 0 fully saturated rings. The van der Waals surface area contributed by atoms with Gasteiger partial charge in [0.15, 0.2) is 0 Å². The van der Waals surface area contributed by atoms with E-state index in [1.807, 2.05) is 6.92 Å². The van der Waals surface area contributed by atoms with Gasteiger partial charge in [0.05, 0.1) is 5.54 Å². The molecule has 0 aromatic carbocycles. The molecule has 0 aliphatic rings. The minimum atomic E-state index is 0.00258. The number of aliphatic imine (C=N–C) groups is 1. The van der Waals surface area contributed by atoms with Gasteiger partial charge in [-0.05, 0) is 61.5 Å². The van der Waals surface area contributed by atoms with Gasteiger partial charge in [-0.2, -0.15) is 0 Å². The zero-order valence-electron chi connectivity index (χ0n) is 11.5. The van der Waals surface area contributed by atoms with Crippen LogP contribution in [0.1, 0.15) is 55.4 Å². The maximum Gasteiger partial charge on any atom is 0.0527 e. The Balaban J connectivity index is 4.57. The predicted molar refractivity (Wildman–Crippen MR) is 69.5 cm³/mol. The van der Waals surface area contributed by atoms with E-state index in [0.717, 1.165) is 11.4 Å². The van der Waals surface area contributed by atoms with E-state index in [1.54, 1.807) is 0 Å². The zero-order valence-corrected chi connectivity index (χ0v) is 11.5. The van der Waals surface area contributed by atoms with Crippen molar-refractivity contribution in [3.8, 4) is 0 Å². The van der Waals surface area contributed by atoms with Crippen LogP contribution in [0.2, 0.25) is 0 Å². The molecule has 0 aromatic rings. The lowest BCUT2D eigenvalue weighted by Gasteiger charge is -2.22. The summed E-state index contributed by atoms with van der Waals surface area (Å²) in [6.45, 7) is 16.9. The van der Waals surface area contributed by atoms with Crippen LogP contribution in [0.4, 0.5) is 0 Å². The van der Waals surface area contributed by atoms with Crippen molar-refractivity contribution in [1.82, 2.24) is 5.32 Å². The van der Waals surface area contributed by atoms with Crippen molar-refractivity contribution in [2.75, 3.05) is 0 Å². The summed E-state index contributed by atoms with van der Waals surface area (Å²) in [6, 6.07) is 0. The van der Waals surface area contributed by atoms with E-state index in [1.165, 1.54) is 0 Å². The summed E-state index contributed by atoms with van der Waals surface area (Å²) >= 11 is 0. The maximum absolute atomic E-state index is 4.58. The average Bonchev–Trinajstić information content (AvgIpc) is 1.73. The van der Waals surface area contributed by atoms with Gasteiger partial charge >= 0.3 is 0 Å². The summed E-state index contributed by atoms with van der Waals surface area (Å²) in [7, 11) is 0. The number of rotatable bonds is 2. The van der Waals surface area contributed by atoms with Crippen LogP contribution in [0.3, 0.4) is 0 Å². The highest BCUT2D eigenvalue weighted by Gasteiger charge is 2.09. The van der Waals surface area contributed by atoms with Crippen LogP contribution in [0.5, 0.6) is 0 Å². The molecule has 0 aromatic heterocycles. The molecule has 88 valence electrons. The smallest absolute Gasteiger partial charge is 0.0527 e. The number of allylic oxidation sites excluding steroid dienone is 2. The Morgan fingerprint density at radius 1 is 1.00 bits per heavy atom. The highest BCUT2D eigenvalue weighted by Crippen LogP contribution is 2.08. The van der Waals surface area contributed by atoms with Crippen LogP contribution < -0.4 is 5.32 Å². The van der Waals surface area contributed by atoms with Gasteiger partial charge in [0.1, 0.15) is 0 Å². The van der Waals surface area contributed by atoms with Crippen LogP contribution in [-0.2, 0) is 0 Å². The fraction of sp³-hybridized carbons (Fsp3) is 0.769. The van der Waals surface area contributed by atoms with Crippen molar-refractivity contribution in [3.05, 3.63) is 11.8 Å². The predicted octanol–water partition coefficient (Wildman–Crippen LogP) is 3.54. The van der Waals surface area contributed by atoms with Crippen molar-refractivity contribution < 1.29 is 0 Å². The molecule has 0 amide bonds. The van der Waals surface area contributed by atoms with Crippen LogP contribution in [0, 0.1) is 0 Å². The SMILES string of the molecule is C/C(=C/C(C)=N/C(C)(C)C)NC(C)(C)C. The van der Waals surface area contributed by atoms with Crippen LogP contribution in [-0.4, -0.2) is 16.8 Å². The first-order chi connectivity index (χ1) is 6.49. The van der Waals surface area contributed by atoms with Crippen molar-refractivity contribution in [2.24, 2.45) is 4.99 Å². The van der Waals surface area contributed by atoms with E-state index in [4.69, 9.17) is 0 Å². The Kier molecular flexibility index (Phi) is 4.57. The van der Waals surface area contributed by atoms with Gasteiger partial charge in [0, 0.05) is 16.9 Å². The highest BCUT2D eigenvalue weighted by molar-refractivity contribution is 5.93. The molecule has 0 atom stereocenters. The molecular weight excluding hydrogens is 184 g/mol. The Hall–Kier alpha value is -0.790. The molecule has 0 saturated heterocycles. The summed E-state index contributed by atoms with van der Waals surface area (Å²) in [5.74, 6) is 0. The number of hydrogen-bond acceptors (Lipinski definition) is 2. The van der Waals surface area contributed by atoms with Gasteiger partial charge in [-0.3, -0.25) is 4.99 Å². The van der Waals surface area contributed by atoms with E-state index >= 15 is 0 Å². The molecule has 0 heterocycles. The fourth-order valence-corrected chi connectivity index (χ4v) is 1.50. The van der Waals surface area contributed by atoms with Gasteiger partial charge in [0.25, 0.3) is 0 Å². The van der Waals surface area contributed by atoms with Crippen LogP contribution in [0.25, 0.3) is 0 Å². The molecule has 15 heavy (non-hydrogen) atoms. The summed E-state index contributed by atoms with van der Waals surface area (Å²) in [6.07, 6.45) is 2.09. The Labute approximate surface area is 94.9 Å². The fourth-order valence-electron chi connectivity index (χ4n) is 1.50. The second-order valence-corrected chi connectivity index (χ2v) is 6.13. The normalized spacial score (nSPS) is 15.5. The third-order valence-corrected chi connectivity index (χ3v) is 1.51. The molecule has 0 aliphatic heterocycles. The molecule has 0 spiro atoms. The minimum Gasteiger partial charge on any atom is -0.384 e. The summed E-state index contributed by atoms with van der Waals surface area (Å²) in [5, 5.41) is 3.42. The second-order valence-electron chi connectivity index (χ2n) is 6.13. The van der Waals surface area contributed by atoms with Crippen molar-refractivity contribution in [3.63, 3.8) is 0 Å². The zero-order chi connectivity index (χ0) is 12.3. The van der Waals surface area contributed by atoms with E-state index in [0.29, 0.717) is 0 Å². The molecule has 0 bridgehead atoms. The summed E-state index contributed by atoms with van der Waals surface area (Å²) < 4.78 is 0. The third-order valence-electron chi connectivity index (χ3n) is 1.51. The molecule has 2 heteroatoms. The summed E-state index contributed by atoms with van der Waals surface area (Å²) in [4.78, 5) is 4.58. The van der Waals surface area contributed by atoms with E-state index in [9.17, 15) is 0 Å². The lowest BCUT2D eigenvalue weighted by atomic mass is 10.1. The third kappa shape index (κ3) is 9.51. The first kappa shape index (κ1) is 14.2. The minimum absolute atomic E-state index is 0.00258. The van der Waals surface area contributed by atoms with Crippen LogP contribution in [0.15, 0.2) is 16.8 Å². The van der Waals surface area contributed by atoms with Gasteiger partial charge < -0.3 is 5.32 Å². The lowest BCUT2D eigenvalue weighted by molar-refractivity contribution is 0.474. The highest BCUT2D eigenvalue weighted by atomic mass is 15.0. The number of nitrogens with zero attached hydrogens (tertiary/aromatic N) is 1. The Morgan fingerprint density at radius 3 is 1.80 bits per heavy atom. The molecule has 0 saturated carbocycles. The average molecular weight is 210 g/mol. The number of nitrogens with one attached hydrogen (secondary N) is 1. The standard InChI is InChI=1S/C13H26N2/c1-10(14-12(3,4)5)9-11(2)15-13(6,7)8/h9,14H,1-8H3/b10-9-,15-11+. The quantitative estimate of drug-likeness (QED) is 0.693. The van der Waals surface area contributed by atoms with Gasteiger partial charge in [0.2, 0.25) is 0 Å². The van der Waals surface area contributed by atoms with E-state index < -0.39 is 0 Å². The van der Waals surface area contributed by atoms with Crippen molar-refractivity contribution in [2.45, 2.75) is 66.5 Å². The Bertz CT molecular complexity index is 259.